The Balaban J connectivity index is 1.20. The molecule has 4 rings (SSSR count). The van der Waals surface area contributed by atoms with Gasteiger partial charge in [-0.1, -0.05) is 55.3 Å². The van der Waals surface area contributed by atoms with Crippen LogP contribution in [0.4, 0.5) is 0 Å². The van der Waals surface area contributed by atoms with Gasteiger partial charge in [0, 0.05) is 45.7 Å². The predicted octanol–water partition coefficient (Wildman–Crippen LogP) is 2.41. The summed E-state index contributed by atoms with van der Waals surface area (Å²) in [5.74, 6) is -0.312. The Bertz CT molecular complexity index is 775. The Morgan fingerprint density at radius 2 is 1.57 bits per heavy atom. The Morgan fingerprint density at radius 3 is 2.20 bits per heavy atom. The fraction of sp³-hybridized carbons (Fsp3) is 0.542. The highest BCUT2D eigenvalue weighted by Crippen LogP contribution is 2.38. The highest BCUT2D eigenvalue weighted by atomic mass is 16.2. The van der Waals surface area contributed by atoms with Crippen LogP contribution < -0.4 is 0 Å². The molecular weight excluding hydrogens is 378 g/mol. The van der Waals surface area contributed by atoms with Crippen LogP contribution in [0.1, 0.15) is 37.7 Å². The minimum atomic E-state index is -0.131. The molecule has 3 aliphatic rings. The van der Waals surface area contributed by atoms with Crippen molar-refractivity contribution < 1.29 is 14.4 Å². The van der Waals surface area contributed by atoms with Crippen LogP contribution in [0.25, 0.3) is 6.08 Å². The van der Waals surface area contributed by atoms with Gasteiger partial charge in [-0.05, 0) is 18.4 Å². The molecule has 160 valence electrons. The van der Waals surface area contributed by atoms with Gasteiger partial charge in [-0.25, -0.2) is 0 Å². The normalized spacial score (nSPS) is 25.2. The Hall–Kier alpha value is -2.47. The van der Waals surface area contributed by atoms with E-state index >= 15 is 0 Å². The highest BCUT2D eigenvalue weighted by Gasteiger charge is 2.47. The lowest BCUT2D eigenvalue weighted by Crippen LogP contribution is -2.49. The van der Waals surface area contributed by atoms with E-state index in [4.69, 9.17) is 0 Å². The number of piperazine rings is 1. The van der Waals surface area contributed by atoms with Crippen molar-refractivity contribution in [3.63, 3.8) is 0 Å². The summed E-state index contributed by atoms with van der Waals surface area (Å²) in [5.41, 5.74) is 1.19. The molecule has 1 aromatic rings. The number of fused-ring (bicyclic) bond motifs is 1. The molecule has 2 aliphatic heterocycles. The van der Waals surface area contributed by atoms with Crippen LogP contribution >= 0.6 is 0 Å². The lowest BCUT2D eigenvalue weighted by atomic mass is 9.81. The van der Waals surface area contributed by atoms with E-state index < -0.39 is 0 Å². The second-order valence-electron chi connectivity index (χ2n) is 8.57. The summed E-state index contributed by atoms with van der Waals surface area (Å²) in [4.78, 5) is 43.3. The lowest BCUT2D eigenvalue weighted by Gasteiger charge is -2.34. The van der Waals surface area contributed by atoms with Gasteiger partial charge in [-0.2, -0.15) is 0 Å². The molecule has 3 amide bonds. The zero-order valence-corrected chi connectivity index (χ0v) is 17.5. The average Bonchev–Trinajstić information content (AvgIpc) is 3.03. The van der Waals surface area contributed by atoms with Gasteiger partial charge in [-0.15, -0.1) is 0 Å². The van der Waals surface area contributed by atoms with Gasteiger partial charge in [0.05, 0.1) is 11.8 Å². The first-order valence-electron chi connectivity index (χ1n) is 11.2. The van der Waals surface area contributed by atoms with E-state index in [1.54, 1.807) is 0 Å². The Kier molecular flexibility index (Phi) is 6.62. The quantitative estimate of drug-likeness (QED) is 0.677. The van der Waals surface area contributed by atoms with Crippen LogP contribution in [0.2, 0.25) is 0 Å². The Morgan fingerprint density at radius 1 is 0.933 bits per heavy atom. The van der Waals surface area contributed by atoms with Gasteiger partial charge >= 0.3 is 0 Å². The van der Waals surface area contributed by atoms with E-state index in [0.29, 0.717) is 13.1 Å². The number of benzene rings is 1. The molecular formula is C24H31N3O3. The average molecular weight is 410 g/mol. The van der Waals surface area contributed by atoms with Crippen molar-refractivity contribution in [1.82, 2.24) is 14.7 Å². The predicted molar refractivity (Wildman–Crippen MR) is 115 cm³/mol. The smallest absolute Gasteiger partial charge is 0.233 e. The first kappa shape index (κ1) is 20.8. The molecule has 0 bridgehead atoms. The minimum Gasteiger partial charge on any atom is -0.340 e. The molecule has 1 aromatic carbocycles. The third-order valence-corrected chi connectivity index (χ3v) is 6.68. The van der Waals surface area contributed by atoms with Gasteiger partial charge < -0.3 is 4.90 Å². The fourth-order valence-electron chi connectivity index (χ4n) is 4.90. The largest absolute Gasteiger partial charge is 0.340 e. The molecule has 30 heavy (non-hydrogen) atoms. The van der Waals surface area contributed by atoms with Gasteiger partial charge in [0.2, 0.25) is 17.7 Å². The van der Waals surface area contributed by atoms with Crippen LogP contribution in [0.15, 0.2) is 36.4 Å². The van der Waals surface area contributed by atoms with Crippen molar-refractivity contribution >= 4 is 23.8 Å². The number of imide groups is 1. The van der Waals surface area contributed by atoms with Gasteiger partial charge in [0.1, 0.15) is 0 Å². The zero-order valence-electron chi connectivity index (χ0n) is 17.5. The van der Waals surface area contributed by atoms with Crippen LogP contribution in [-0.4, -0.2) is 71.7 Å². The summed E-state index contributed by atoms with van der Waals surface area (Å²) in [6.07, 6.45) is 8.22. The summed E-state index contributed by atoms with van der Waals surface area (Å²) in [6, 6.07) is 10.2. The van der Waals surface area contributed by atoms with E-state index in [1.807, 2.05) is 23.1 Å². The third-order valence-electron chi connectivity index (χ3n) is 6.68. The van der Waals surface area contributed by atoms with Crippen LogP contribution in [-0.2, 0) is 14.4 Å². The number of carbonyl (C=O) groups excluding carboxylic acids is 3. The van der Waals surface area contributed by atoms with E-state index in [0.717, 1.165) is 45.3 Å². The number of nitrogens with zero attached hydrogens (tertiary/aromatic N) is 3. The fourth-order valence-corrected chi connectivity index (χ4v) is 4.90. The van der Waals surface area contributed by atoms with Gasteiger partial charge in [0.25, 0.3) is 0 Å². The number of hydrogen-bond donors (Lipinski definition) is 0. The summed E-state index contributed by atoms with van der Waals surface area (Å²) in [7, 11) is 0. The molecule has 2 heterocycles. The van der Waals surface area contributed by atoms with Crippen molar-refractivity contribution in [3.8, 4) is 0 Å². The summed E-state index contributed by atoms with van der Waals surface area (Å²) < 4.78 is 0. The van der Waals surface area contributed by atoms with Crippen molar-refractivity contribution in [1.29, 1.82) is 0 Å². The molecule has 6 nitrogen and oxygen atoms in total. The second kappa shape index (κ2) is 9.56. The number of hydrogen-bond acceptors (Lipinski definition) is 4. The first-order valence-corrected chi connectivity index (χ1v) is 11.2. The van der Waals surface area contributed by atoms with Crippen LogP contribution in [0.3, 0.4) is 0 Å². The molecule has 3 fully saturated rings. The van der Waals surface area contributed by atoms with Crippen molar-refractivity contribution in [2.75, 3.05) is 39.3 Å². The molecule has 2 saturated heterocycles. The molecule has 1 saturated carbocycles. The molecule has 0 spiro atoms. The summed E-state index contributed by atoms with van der Waals surface area (Å²) >= 11 is 0. The molecule has 6 heteroatoms. The zero-order chi connectivity index (χ0) is 20.9. The van der Waals surface area contributed by atoms with E-state index in [1.165, 1.54) is 10.5 Å². The standard InChI is InChI=1S/C24H31N3O3/c28-22(12-14-27-23(29)20-10-4-5-11-21(20)24(27)30)26-17-15-25(16-18-26)13-6-9-19-7-2-1-3-8-19/h1-3,6-9,20-21H,4-5,10-18H2/b9-6+. The van der Waals surface area contributed by atoms with Crippen molar-refractivity contribution in [2.24, 2.45) is 11.8 Å². The molecule has 2 atom stereocenters. The topological polar surface area (TPSA) is 60.9 Å². The second-order valence-corrected chi connectivity index (χ2v) is 8.57. The molecule has 0 N–H and O–H groups in total. The molecule has 0 aromatic heterocycles. The van der Waals surface area contributed by atoms with E-state index in [2.05, 4.69) is 29.2 Å². The van der Waals surface area contributed by atoms with Crippen molar-refractivity contribution in [3.05, 3.63) is 42.0 Å². The van der Waals surface area contributed by atoms with Crippen LogP contribution in [0.5, 0.6) is 0 Å². The van der Waals surface area contributed by atoms with Gasteiger partial charge in [-0.3, -0.25) is 24.2 Å². The van der Waals surface area contributed by atoms with E-state index in [9.17, 15) is 14.4 Å². The summed E-state index contributed by atoms with van der Waals surface area (Å²) in [6.45, 7) is 4.20. The lowest BCUT2D eigenvalue weighted by molar-refractivity contribution is -0.141. The number of carbonyl (C=O) groups is 3. The molecule has 1 aliphatic carbocycles. The number of rotatable bonds is 6. The maximum Gasteiger partial charge on any atom is 0.233 e. The van der Waals surface area contributed by atoms with Crippen molar-refractivity contribution in [2.45, 2.75) is 32.1 Å². The maximum absolute atomic E-state index is 12.6. The SMILES string of the molecule is O=C(CCN1C(=O)C2CCCCC2C1=O)N1CCN(C/C=C/c2ccccc2)CC1. The van der Waals surface area contributed by atoms with Gasteiger partial charge in [0.15, 0.2) is 0 Å². The third kappa shape index (κ3) is 4.64. The number of likely N-dealkylation sites (tertiary alicyclic amines) is 1. The summed E-state index contributed by atoms with van der Waals surface area (Å²) in [5, 5.41) is 0. The van der Waals surface area contributed by atoms with E-state index in [-0.39, 0.29) is 42.5 Å². The minimum absolute atomic E-state index is 0.0462. The highest BCUT2D eigenvalue weighted by molar-refractivity contribution is 6.05. The number of amides is 3. The Labute approximate surface area is 178 Å². The maximum atomic E-state index is 12.6. The monoisotopic (exact) mass is 409 g/mol. The van der Waals surface area contributed by atoms with Crippen LogP contribution in [0, 0.1) is 11.8 Å². The molecule has 0 radical (unpaired) electrons. The first-order chi connectivity index (χ1) is 14.6. The molecule has 2 unspecified atom stereocenters.